The Morgan fingerprint density at radius 2 is 1.89 bits per heavy atom. The van der Waals surface area contributed by atoms with Crippen molar-refractivity contribution in [3.8, 4) is 0 Å². The average Bonchev–Trinajstić information content (AvgIpc) is 2.40. The summed E-state index contributed by atoms with van der Waals surface area (Å²) in [5, 5.41) is 0. The maximum absolute atomic E-state index is 12.3. The second kappa shape index (κ2) is 5.74. The standard InChI is InChI=1S/C16H18N2O/c1-11(2)13-6-5-12(3)14(9-13)15(19)10-16-17-7-4-8-18-16/h4-9,11H,10H2,1-3H3. The van der Waals surface area contributed by atoms with E-state index in [1.54, 1.807) is 18.5 Å². The SMILES string of the molecule is Cc1ccc(C(C)C)cc1C(=O)Cc1ncccn1. The molecule has 0 N–H and O–H groups in total. The molecule has 2 rings (SSSR count). The van der Waals surface area contributed by atoms with Crippen molar-refractivity contribution >= 4 is 5.78 Å². The van der Waals surface area contributed by atoms with E-state index in [2.05, 4.69) is 29.9 Å². The molecule has 1 aromatic heterocycles. The second-order valence-electron chi connectivity index (χ2n) is 4.99. The first-order chi connectivity index (χ1) is 9.08. The van der Waals surface area contributed by atoms with Crippen molar-refractivity contribution in [1.82, 2.24) is 9.97 Å². The summed E-state index contributed by atoms with van der Waals surface area (Å²) in [4.78, 5) is 20.5. The molecule has 0 spiro atoms. The minimum absolute atomic E-state index is 0.0752. The fourth-order valence-corrected chi connectivity index (χ4v) is 1.96. The molecule has 0 fully saturated rings. The highest BCUT2D eigenvalue weighted by Gasteiger charge is 2.13. The summed E-state index contributed by atoms with van der Waals surface area (Å²) in [6.07, 6.45) is 3.57. The van der Waals surface area contributed by atoms with E-state index in [-0.39, 0.29) is 12.2 Å². The van der Waals surface area contributed by atoms with Gasteiger partial charge in [0.15, 0.2) is 5.78 Å². The van der Waals surface area contributed by atoms with Crippen molar-refractivity contribution in [1.29, 1.82) is 0 Å². The van der Waals surface area contributed by atoms with Gasteiger partial charge in [0.25, 0.3) is 0 Å². The largest absolute Gasteiger partial charge is 0.294 e. The summed E-state index contributed by atoms with van der Waals surface area (Å²) in [6.45, 7) is 6.21. The molecule has 0 saturated heterocycles. The second-order valence-corrected chi connectivity index (χ2v) is 4.99. The summed E-state index contributed by atoms with van der Waals surface area (Å²) in [5.74, 6) is 1.06. The number of ketones is 1. The third kappa shape index (κ3) is 3.25. The predicted octanol–water partition coefficient (Wildman–Crippen LogP) is 3.33. The van der Waals surface area contributed by atoms with Gasteiger partial charge in [-0.05, 0) is 36.1 Å². The summed E-state index contributed by atoms with van der Waals surface area (Å²) < 4.78 is 0. The van der Waals surface area contributed by atoms with Gasteiger partial charge in [0.05, 0.1) is 6.42 Å². The molecular formula is C16H18N2O. The normalized spacial score (nSPS) is 10.7. The fraction of sp³-hybridized carbons (Fsp3) is 0.312. The number of benzene rings is 1. The quantitative estimate of drug-likeness (QED) is 0.786. The third-order valence-corrected chi connectivity index (χ3v) is 3.17. The molecule has 3 heteroatoms. The molecule has 19 heavy (non-hydrogen) atoms. The molecule has 0 radical (unpaired) electrons. The van der Waals surface area contributed by atoms with Crippen molar-refractivity contribution in [2.75, 3.05) is 0 Å². The Bertz CT molecular complexity index is 577. The van der Waals surface area contributed by atoms with Gasteiger partial charge in [-0.2, -0.15) is 0 Å². The zero-order chi connectivity index (χ0) is 13.8. The highest BCUT2D eigenvalue weighted by atomic mass is 16.1. The van der Waals surface area contributed by atoms with E-state index in [1.165, 1.54) is 5.56 Å². The number of carbonyl (C=O) groups is 1. The third-order valence-electron chi connectivity index (χ3n) is 3.17. The van der Waals surface area contributed by atoms with E-state index in [9.17, 15) is 4.79 Å². The lowest BCUT2D eigenvalue weighted by Crippen LogP contribution is -2.09. The number of aryl methyl sites for hydroxylation is 1. The number of nitrogens with zero attached hydrogens (tertiary/aromatic N) is 2. The first kappa shape index (κ1) is 13.4. The average molecular weight is 254 g/mol. The van der Waals surface area contributed by atoms with Gasteiger partial charge in [0.1, 0.15) is 5.82 Å². The van der Waals surface area contributed by atoms with Crippen LogP contribution in [0.25, 0.3) is 0 Å². The van der Waals surface area contributed by atoms with Crippen LogP contribution in [0, 0.1) is 6.92 Å². The molecule has 0 bridgehead atoms. The molecule has 0 aliphatic rings. The van der Waals surface area contributed by atoms with Crippen LogP contribution < -0.4 is 0 Å². The van der Waals surface area contributed by atoms with E-state index in [0.29, 0.717) is 11.7 Å². The van der Waals surface area contributed by atoms with E-state index in [1.807, 2.05) is 19.1 Å². The molecule has 0 unspecified atom stereocenters. The summed E-state index contributed by atoms with van der Waals surface area (Å²) >= 11 is 0. The number of Topliss-reactive ketones (excluding diaryl/α,β-unsaturated/α-hetero) is 1. The number of rotatable bonds is 4. The van der Waals surface area contributed by atoms with Gasteiger partial charge in [0, 0.05) is 18.0 Å². The Morgan fingerprint density at radius 1 is 1.21 bits per heavy atom. The van der Waals surface area contributed by atoms with Crippen molar-refractivity contribution < 1.29 is 4.79 Å². The Morgan fingerprint density at radius 3 is 2.53 bits per heavy atom. The van der Waals surface area contributed by atoms with Crippen molar-refractivity contribution in [2.45, 2.75) is 33.1 Å². The van der Waals surface area contributed by atoms with Crippen LogP contribution in [-0.2, 0) is 6.42 Å². The fourth-order valence-electron chi connectivity index (χ4n) is 1.96. The zero-order valence-electron chi connectivity index (χ0n) is 11.6. The topological polar surface area (TPSA) is 42.9 Å². The first-order valence-corrected chi connectivity index (χ1v) is 6.47. The lowest BCUT2D eigenvalue weighted by atomic mass is 9.95. The Balaban J connectivity index is 2.26. The molecule has 0 aliphatic heterocycles. The molecule has 0 atom stereocenters. The van der Waals surface area contributed by atoms with Crippen LogP contribution in [0.1, 0.15) is 47.1 Å². The van der Waals surface area contributed by atoms with E-state index < -0.39 is 0 Å². The lowest BCUT2D eigenvalue weighted by molar-refractivity contribution is 0.0990. The van der Waals surface area contributed by atoms with Crippen LogP contribution in [0.15, 0.2) is 36.7 Å². The molecule has 2 aromatic rings. The molecule has 1 aromatic carbocycles. The highest BCUT2D eigenvalue weighted by molar-refractivity contribution is 5.98. The molecule has 0 aliphatic carbocycles. The minimum Gasteiger partial charge on any atom is -0.294 e. The molecule has 3 nitrogen and oxygen atoms in total. The smallest absolute Gasteiger partial charge is 0.170 e. The van der Waals surface area contributed by atoms with Crippen LogP contribution in [-0.4, -0.2) is 15.8 Å². The van der Waals surface area contributed by atoms with Crippen LogP contribution >= 0.6 is 0 Å². The molecule has 0 saturated carbocycles. The van der Waals surface area contributed by atoms with E-state index in [0.717, 1.165) is 11.1 Å². The van der Waals surface area contributed by atoms with Crippen molar-refractivity contribution in [2.24, 2.45) is 0 Å². The molecular weight excluding hydrogens is 236 g/mol. The Kier molecular flexibility index (Phi) is 4.05. The Labute approximate surface area is 113 Å². The first-order valence-electron chi connectivity index (χ1n) is 6.47. The summed E-state index contributed by atoms with van der Waals surface area (Å²) in [7, 11) is 0. The van der Waals surface area contributed by atoms with Crippen molar-refractivity contribution in [3.63, 3.8) is 0 Å². The maximum Gasteiger partial charge on any atom is 0.170 e. The number of hydrogen-bond donors (Lipinski definition) is 0. The number of carbonyl (C=O) groups excluding carboxylic acids is 1. The summed E-state index contributed by atoms with van der Waals surface area (Å²) in [5.41, 5.74) is 2.96. The highest BCUT2D eigenvalue weighted by Crippen LogP contribution is 2.19. The summed E-state index contributed by atoms with van der Waals surface area (Å²) in [6, 6.07) is 7.83. The van der Waals surface area contributed by atoms with E-state index >= 15 is 0 Å². The van der Waals surface area contributed by atoms with Crippen LogP contribution in [0.4, 0.5) is 0 Å². The van der Waals surface area contributed by atoms with Crippen LogP contribution in [0.5, 0.6) is 0 Å². The number of hydrogen-bond acceptors (Lipinski definition) is 3. The van der Waals surface area contributed by atoms with Gasteiger partial charge in [-0.25, -0.2) is 9.97 Å². The monoisotopic (exact) mass is 254 g/mol. The minimum atomic E-state index is 0.0752. The lowest BCUT2D eigenvalue weighted by Gasteiger charge is -2.10. The van der Waals surface area contributed by atoms with Crippen molar-refractivity contribution in [3.05, 3.63) is 59.2 Å². The van der Waals surface area contributed by atoms with Gasteiger partial charge in [-0.15, -0.1) is 0 Å². The van der Waals surface area contributed by atoms with Gasteiger partial charge >= 0.3 is 0 Å². The van der Waals surface area contributed by atoms with Gasteiger partial charge in [0.2, 0.25) is 0 Å². The van der Waals surface area contributed by atoms with Gasteiger partial charge in [-0.1, -0.05) is 26.0 Å². The molecule has 98 valence electrons. The van der Waals surface area contributed by atoms with Crippen LogP contribution in [0.2, 0.25) is 0 Å². The van der Waals surface area contributed by atoms with Gasteiger partial charge < -0.3 is 0 Å². The predicted molar refractivity (Wildman–Crippen MR) is 75.3 cm³/mol. The number of aromatic nitrogens is 2. The maximum atomic E-state index is 12.3. The van der Waals surface area contributed by atoms with Crippen LogP contribution in [0.3, 0.4) is 0 Å². The Hall–Kier alpha value is -2.03. The van der Waals surface area contributed by atoms with E-state index in [4.69, 9.17) is 0 Å². The van der Waals surface area contributed by atoms with Gasteiger partial charge in [-0.3, -0.25) is 4.79 Å². The molecule has 1 heterocycles. The molecule has 0 amide bonds. The zero-order valence-corrected chi connectivity index (χ0v) is 11.6.